The molecule has 0 spiro atoms. The zero-order chi connectivity index (χ0) is 19.8. The number of aromatic hydroxyl groups is 1. The molecule has 0 aliphatic heterocycles. The van der Waals surface area contributed by atoms with Gasteiger partial charge in [-0.25, -0.2) is 0 Å². The lowest BCUT2D eigenvalue weighted by Gasteiger charge is -2.09. The molecule has 0 saturated carbocycles. The molecule has 0 saturated heterocycles. The quantitative estimate of drug-likeness (QED) is 0.560. The van der Waals surface area contributed by atoms with E-state index in [-0.39, 0.29) is 23.0 Å². The second-order valence-corrected chi connectivity index (χ2v) is 6.19. The van der Waals surface area contributed by atoms with E-state index in [1.165, 1.54) is 14.2 Å². The van der Waals surface area contributed by atoms with Gasteiger partial charge in [-0.15, -0.1) is 0 Å². The normalized spacial score (nSPS) is 11.0. The molecule has 0 aliphatic rings. The first-order chi connectivity index (χ1) is 13.5. The summed E-state index contributed by atoms with van der Waals surface area (Å²) in [5.41, 5.74) is 1.38. The summed E-state index contributed by atoms with van der Waals surface area (Å²) in [5, 5.41) is 15.1. The van der Waals surface area contributed by atoms with Crippen molar-refractivity contribution in [3.8, 4) is 40.1 Å². The minimum Gasteiger partial charge on any atom is -0.506 e. The highest BCUT2D eigenvalue weighted by Gasteiger charge is 2.22. The third-order valence-corrected chi connectivity index (χ3v) is 4.43. The van der Waals surface area contributed by atoms with Gasteiger partial charge in [-0.1, -0.05) is 22.9 Å². The van der Waals surface area contributed by atoms with Crippen molar-refractivity contribution in [2.24, 2.45) is 0 Å². The predicted octanol–water partition coefficient (Wildman–Crippen LogP) is 3.28. The van der Waals surface area contributed by atoms with E-state index < -0.39 is 5.56 Å². The summed E-state index contributed by atoms with van der Waals surface area (Å²) in [6, 6.07) is 10.6. The van der Waals surface area contributed by atoms with Gasteiger partial charge in [0.15, 0.2) is 11.5 Å². The van der Waals surface area contributed by atoms with Gasteiger partial charge < -0.3 is 24.1 Å². The number of ether oxygens (including phenoxy) is 2. The number of nitrogens with one attached hydrogen (secondary N) is 1. The monoisotopic (exact) mass is 379 g/mol. The highest BCUT2D eigenvalue weighted by molar-refractivity contribution is 5.90. The van der Waals surface area contributed by atoms with Gasteiger partial charge in [0.25, 0.3) is 11.4 Å². The van der Waals surface area contributed by atoms with Crippen LogP contribution in [0.4, 0.5) is 0 Å². The van der Waals surface area contributed by atoms with Crippen molar-refractivity contribution in [2.45, 2.75) is 6.92 Å². The van der Waals surface area contributed by atoms with E-state index in [1.807, 2.05) is 13.0 Å². The van der Waals surface area contributed by atoms with Gasteiger partial charge in [0.2, 0.25) is 5.82 Å². The number of nitrogens with zero attached hydrogens (tertiary/aromatic N) is 2. The molecule has 0 atom stereocenters. The molecule has 0 unspecified atom stereocenters. The maximum absolute atomic E-state index is 12.5. The number of aromatic nitrogens is 3. The topological polar surface area (TPSA) is 110 Å². The molecule has 0 radical (unpaired) electrons. The molecular weight excluding hydrogens is 362 g/mol. The van der Waals surface area contributed by atoms with Crippen LogP contribution in [0.15, 0.2) is 45.7 Å². The summed E-state index contributed by atoms with van der Waals surface area (Å²) in [7, 11) is 3.03. The molecule has 0 amide bonds. The number of para-hydroxylation sites is 1. The summed E-state index contributed by atoms with van der Waals surface area (Å²) in [6.07, 6.45) is 0. The molecule has 4 rings (SSSR count). The molecule has 142 valence electrons. The van der Waals surface area contributed by atoms with Crippen LogP contribution in [-0.4, -0.2) is 34.5 Å². The lowest BCUT2D eigenvalue weighted by Crippen LogP contribution is -2.09. The summed E-state index contributed by atoms with van der Waals surface area (Å²) in [6.45, 7) is 1.89. The van der Waals surface area contributed by atoms with Crippen LogP contribution in [0.1, 0.15) is 5.56 Å². The highest BCUT2D eigenvalue weighted by atomic mass is 16.5. The molecule has 2 N–H and O–H groups in total. The summed E-state index contributed by atoms with van der Waals surface area (Å²) >= 11 is 0. The fourth-order valence-electron chi connectivity index (χ4n) is 3.09. The zero-order valence-corrected chi connectivity index (χ0v) is 15.4. The van der Waals surface area contributed by atoms with Crippen molar-refractivity contribution in [1.29, 1.82) is 0 Å². The number of aryl methyl sites for hydroxylation is 1. The van der Waals surface area contributed by atoms with Gasteiger partial charge in [-0.05, 0) is 31.2 Å². The zero-order valence-electron chi connectivity index (χ0n) is 15.4. The first-order valence-corrected chi connectivity index (χ1v) is 8.44. The number of methoxy groups -OCH3 is 2. The molecule has 2 aromatic heterocycles. The third-order valence-electron chi connectivity index (χ3n) is 4.43. The molecule has 8 nitrogen and oxygen atoms in total. The molecule has 2 heterocycles. The van der Waals surface area contributed by atoms with Crippen molar-refractivity contribution in [3.63, 3.8) is 0 Å². The average molecular weight is 379 g/mol. The van der Waals surface area contributed by atoms with E-state index in [4.69, 9.17) is 14.0 Å². The molecule has 0 aliphatic carbocycles. The SMILES string of the molecule is COc1cccc(-c2noc(-c3c(O)c4cc(C)ccc4[nH]c3=O)n2)c1OC. The summed E-state index contributed by atoms with van der Waals surface area (Å²) in [4.78, 5) is 19.5. The van der Waals surface area contributed by atoms with Gasteiger partial charge in [-0.3, -0.25) is 4.79 Å². The van der Waals surface area contributed by atoms with Crippen LogP contribution in [0.5, 0.6) is 17.2 Å². The molecular formula is C20H17N3O5. The van der Waals surface area contributed by atoms with Crippen molar-refractivity contribution in [1.82, 2.24) is 15.1 Å². The third kappa shape index (κ3) is 2.75. The Morgan fingerprint density at radius 2 is 1.96 bits per heavy atom. The Morgan fingerprint density at radius 3 is 2.71 bits per heavy atom. The number of benzene rings is 2. The number of fused-ring (bicyclic) bond motifs is 1. The van der Waals surface area contributed by atoms with Crippen LogP contribution in [0.3, 0.4) is 0 Å². The van der Waals surface area contributed by atoms with Crippen LogP contribution in [-0.2, 0) is 0 Å². The van der Waals surface area contributed by atoms with Crippen molar-refractivity contribution < 1.29 is 19.1 Å². The van der Waals surface area contributed by atoms with Gasteiger partial charge in [0, 0.05) is 5.39 Å². The van der Waals surface area contributed by atoms with Crippen LogP contribution in [0, 0.1) is 6.92 Å². The van der Waals surface area contributed by atoms with Crippen molar-refractivity contribution in [2.75, 3.05) is 14.2 Å². The van der Waals surface area contributed by atoms with Gasteiger partial charge >= 0.3 is 0 Å². The Kier molecular flexibility index (Phi) is 4.23. The number of hydrogen-bond acceptors (Lipinski definition) is 7. The molecule has 0 bridgehead atoms. The van der Waals surface area contributed by atoms with Gasteiger partial charge in [-0.2, -0.15) is 4.98 Å². The van der Waals surface area contributed by atoms with E-state index in [0.29, 0.717) is 28.0 Å². The van der Waals surface area contributed by atoms with E-state index in [1.54, 1.807) is 30.3 Å². The maximum Gasteiger partial charge on any atom is 0.267 e. The Bertz CT molecular complexity index is 1240. The number of H-pyrrole nitrogens is 1. The second-order valence-electron chi connectivity index (χ2n) is 6.19. The summed E-state index contributed by atoms with van der Waals surface area (Å²) in [5.74, 6) is 0.837. The molecule has 2 aromatic carbocycles. The van der Waals surface area contributed by atoms with E-state index >= 15 is 0 Å². The standard InChI is InChI=1S/C20H17N3O5/c1-10-7-8-13-12(9-10)16(24)15(19(25)21-13)20-22-18(23-28-20)11-5-4-6-14(26-2)17(11)27-3/h4-9H,1-3H3,(H2,21,24,25). The van der Waals surface area contributed by atoms with Crippen LogP contribution in [0.25, 0.3) is 33.7 Å². The van der Waals surface area contributed by atoms with E-state index in [0.717, 1.165) is 5.56 Å². The van der Waals surface area contributed by atoms with Crippen LogP contribution in [0.2, 0.25) is 0 Å². The fraction of sp³-hybridized carbons (Fsp3) is 0.150. The van der Waals surface area contributed by atoms with Crippen LogP contribution < -0.4 is 15.0 Å². The fourth-order valence-corrected chi connectivity index (χ4v) is 3.09. The molecule has 4 aromatic rings. The predicted molar refractivity (Wildman–Crippen MR) is 103 cm³/mol. The Labute approximate surface area is 159 Å². The van der Waals surface area contributed by atoms with Gasteiger partial charge in [0.05, 0.1) is 25.3 Å². The number of aromatic amines is 1. The Morgan fingerprint density at radius 1 is 1.14 bits per heavy atom. The number of hydrogen-bond donors (Lipinski definition) is 2. The Balaban J connectivity index is 1.88. The first kappa shape index (κ1) is 17.6. The van der Waals surface area contributed by atoms with Crippen LogP contribution >= 0.6 is 0 Å². The molecule has 0 fully saturated rings. The minimum absolute atomic E-state index is 0.0845. The smallest absolute Gasteiger partial charge is 0.267 e. The maximum atomic E-state index is 12.5. The van der Waals surface area contributed by atoms with E-state index in [9.17, 15) is 9.90 Å². The largest absolute Gasteiger partial charge is 0.506 e. The Hall–Kier alpha value is -3.81. The molecule has 28 heavy (non-hydrogen) atoms. The minimum atomic E-state index is -0.526. The molecule has 8 heteroatoms. The number of rotatable bonds is 4. The first-order valence-electron chi connectivity index (χ1n) is 8.44. The number of pyridine rings is 1. The van der Waals surface area contributed by atoms with Crippen molar-refractivity contribution in [3.05, 3.63) is 52.3 Å². The van der Waals surface area contributed by atoms with Crippen molar-refractivity contribution >= 4 is 10.9 Å². The second kappa shape index (κ2) is 6.73. The van der Waals surface area contributed by atoms with Gasteiger partial charge in [0.1, 0.15) is 11.3 Å². The lowest BCUT2D eigenvalue weighted by atomic mass is 10.1. The van der Waals surface area contributed by atoms with E-state index in [2.05, 4.69) is 15.1 Å². The summed E-state index contributed by atoms with van der Waals surface area (Å²) < 4.78 is 16.0. The highest BCUT2D eigenvalue weighted by Crippen LogP contribution is 2.38. The lowest BCUT2D eigenvalue weighted by molar-refractivity contribution is 0.355. The average Bonchev–Trinajstić information content (AvgIpc) is 3.17.